The normalized spacial score (nSPS) is 12.5. The number of rotatable bonds is 5. The molecule has 2 aromatic rings. The Morgan fingerprint density at radius 3 is 2.88 bits per heavy atom. The quantitative estimate of drug-likeness (QED) is 0.725. The van der Waals surface area contributed by atoms with Crippen LogP contribution in [0.3, 0.4) is 0 Å². The second kappa shape index (κ2) is 6.92. The summed E-state index contributed by atoms with van der Waals surface area (Å²) in [6.07, 6.45) is 3.20. The minimum absolute atomic E-state index is 0.0647. The highest BCUT2D eigenvalue weighted by molar-refractivity contribution is 7.14. The molecule has 1 aliphatic carbocycles. The number of fused-ring (bicyclic) bond motifs is 1. The van der Waals surface area contributed by atoms with Gasteiger partial charge in [-0.1, -0.05) is 0 Å². The predicted molar refractivity (Wildman–Crippen MR) is 92.0 cm³/mol. The van der Waals surface area contributed by atoms with Gasteiger partial charge in [0.1, 0.15) is 11.5 Å². The van der Waals surface area contributed by atoms with Gasteiger partial charge in [-0.3, -0.25) is 9.59 Å². The zero-order chi connectivity index (χ0) is 17.1. The van der Waals surface area contributed by atoms with Gasteiger partial charge in [0, 0.05) is 10.9 Å². The van der Waals surface area contributed by atoms with Gasteiger partial charge in [-0.25, -0.2) is 0 Å². The van der Waals surface area contributed by atoms with Crippen LogP contribution in [0, 0.1) is 0 Å². The molecule has 3 rings (SSSR count). The van der Waals surface area contributed by atoms with Crippen LogP contribution in [-0.4, -0.2) is 30.6 Å². The molecule has 2 amide bonds. The molecule has 1 aromatic heterocycles. The number of hydrogen-bond acceptors (Lipinski definition) is 5. The predicted octanol–water partition coefficient (Wildman–Crippen LogP) is 2.32. The third-order valence-corrected chi connectivity index (χ3v) is 5.09. The van der Waals surface area contributed by atoms with Crippen LogP contribution in [-0.2, 0) is 17.6 Å². The summed E-state index contributed by atoms with van der Waals surface area (Å²) in [6.45, 7) is -0.169. The fourth-order valence-corrected chi connectivity index (χ4v) is 3.80. The number of amides is 2. The fraction of sp³-hybridized carbons (Fsp3) is 0.294. The van der Waals surface area contributed by atoms with Crippen LogP contribution in [0.15, 0.2) is 24.3 Å². The van der Waals surface area contributed by atoms with E-state index >= 15 is 0 Å². The highest BCUT2D eigenvalue weighted by Gasteiger charge is 2.19. The summed E-state index contributed by atoms with van der Waals surface area (Å²) in [5.41, 5.74) is 1.49. The van der Waals surface area contributed by atoms with Crippen LogP contribution in [0.4, 0.5) is 5.69 Å². The molecule has 1 aliphatic rings. The number of methoxy groups -OCH3 is 1. The Morgan fingerprint density at radius 2 is 2.12 bits per heavy atom. The summed E-state index contributed by atoms with van der Waals surface area (Å²) in [6, 6.07) is 6.44. The minimum atomic E-state index is -0.420. The number of thiophene rings is 1. The summed E-state index contributed by atoms with van der Waals surface area (Å²) in [7, 11) is 1.50. The first-order valence-corrected chi connectivity index (χ1v) is 8.45. The molecule has 24 heavy (non-hydrogen) atoms. The number of aryl methyl sites for hydroxylation is 2. The van der Waals surface area contributed by atoms with Gasteiger partial charge in [-0.2, -0.15) is 0 Å². The van der Waals surface area contributed by atoms with Crippen molar-refractivity contribution in [3.05, 3.63) is 39.6 Å². The summed E-state index contributed by atoms with van der Waals surface area (Å²) in [5, 5.41) is 14.9. The molecule has 1 heterocycles. The Balaban J connectivity index is 1.56. The zero-order valence-electron chi connectivity index (χ0n) is 13.2. The van der Waals surface area contributed by atoms with E-state index in [4.69, 9.17) is 4.74 Å². The molecule has 0 bridgehead atoms. The van der Waals surface area contributed by atoms with E-state index in [1.54, 1.807) is 6.07 Å². The fourth-order valence-electron chi connectivity index (χ4n) is 2.63. The van der Waals surface area contributed by atoms with Gasteiger partial charge in [0.2, 0.25) is 5.91 Å². The number of phenols is 1. The van der Waals surface area contributed by atoms with Crippen molar-refractivity contribution in [2.75, 3.05) is 19.0 Å². The van der Waals surface area contributed by atoms with Crippen molar-refractivity contribution in [1.29, 1.82) is 0 Å². The molecule has 0 radical (unpaired) electrons. The van der Waals surface area contributed by atoms with E-state index in [2.05, 4.69) is 10.6 Å². The summed E-state index contributed by atoms with van der Waals surface area (Å²) >= 11 is 1.49. The largest absolute Gasteiger partial charge is 0.506 e. The highest BCUT2D eigenvalue weighted by Crippen LogP contribution is 2.30. The first-order chi connectivity index (χ1) is 11.6. The molecule has 0 unspecified atom stereocenters. The summed E-state index contributed by atoms with van der Waals surface area (Å²) < 4.78 is 5.05. The van der Waals surface area contributed by atoms with E-state index in [-0.39, 0.29) is 23.9 Å². The van der Waals surface area contributed by atoms with Gasteiger partial charge in [-0.15, -0.1) is 11.3 Å². The van der Waals surface area contributed by atoms with Gasteiger partial charge in [0.15, 0.2) is 0 Å². The molecule has 0 atom stereocenters. The average Bonchev–Trinajstić information content (AvgIpc) is 3.16. The molecular weight excluding hydrogens is 328 g/mol. The average molecular weight is 346 g/mol. The number of carbonyl (C=O) groups excluding carboxylic acids is 2. The van der Waals surface area contributed by atoms with Crippen molar-refractivity contribution in [2.45, 2.75) is 19.3 Å². The van der Waals surface area contributed by atoms with Crippen LogP contribution in [0.1, 0.15) is 26.5 Å². The lowest BCUT2D eigenvalue weighted by molar-refractivity contribution is -0.115. The molecule has 6 nitrogen and oxygen atoms in total. The Kier molecular flexibility index (Phi) is 4.71. The smallest absolute Gasteiger partial charge is 0.261 e. The van der Waals surface area contributed by atoms with Gasteiger partial charge >= 0.3 is 0 Å². The van der Waals surface area contributed by atoms with Crippen molar-refractivity contribution in [2.24, 2.45) is 0 Å². The lowest BCUT2D eigenvalue weighted by Gasteiger charge is -2.09. The van der Waals surface area contributed by atoms with Crippen molar-refractivity contribution in [3.63, 3.8) is 0 Å². The Labute approximate surface area is 143 Å². The summed E-state index contributed by atoms with van der Waals surface area (Å²) in [4.78, 5) is 26.0. The number of carbonyl (C=O) groups is 2. The number of anilines is 1. The van der Waals surface area contributed by atoms with Crippen LogP contribution in [0.2, 0.25) is 0 Å². The third-order valence-electron chi connectivity index (χ3n) is 3.86. The highest BCUT2D eigenvalue weighted by atomic mass is 32.1. The Hall–Kier alpha value is -2.54. The number of hydrogen-bond donors (Lipinski definition) is 3. The lowest BCUT2D eigenvalue weighted by atomic mass is 10.2. The maximum Gasteiger partial charge on any atom is 0.261 e. The van der Waals surface area contributed by atoms with E-state index in [1.165, 1.54) is 41.0 Å². The molecule has 0 saturated heterocycles. The van der Waals surface area contributed by atoms with Crippen molar-refractivity contribution >= 4 is 28.8 Å². The van der Waals surface area contributed by atoms with Gasteiger partial charge in [-0.05, 0) is 43.0 Å². The number of nitrogens with one attached hydrogen (secondary N) is 2. The Morgan fingerprint density at radius 1 is 1.29 bits per heavy atom. The standard InChI is InChI=1S/C17H18N2O4S/c1-23-11-5-6-13(20)12(8-11)19-16(21)9-18-17(22)15-7-10-3-2-4-14(10)24-15/h5-8,20H,2-4,9H2,1H3,(H,18,22)(H,19,21). The number of phenolic OH excluding ortho intramolecular Hbond substituents is 1. The van der Waals surface area contributed by atoms with Crippen molar-refractivity contribution in [3.8, 4) is 11.5 Å². The zero-order valence-corrected chi connectivity index (χ0v) is 14.0. The van der Waals surface area contributed by atoms with Gasteiger partial charge < -0.3 is 20.5 Å². The topological polar surface area (TPSA) is 87.7 Å². The van der Waals surface area contributed by atoms with E-state index in [0.717, 1.165) is 19.3 Å². The number of benzene rings is 1. The molecule has 0 spiro atoms. The van der Waals surface area contributed by atoms with Gasteiger partial charge in [0.25, 0.3) is 5.91 Å². The van der Waals surface area contributed by atoms with Crippen LogP contribution >= 0.6 is 11.3 Å². The van der Waals surface area contributed by atoms with E-state index < -0.39 is 5.91 Å². The maximum atomic E-state index is 12.1. The van der Waals surface area contributed by atoms with Crippen LogP contribution < -0.4 is 15.4 Å². The van der Waals surface area contributed by atoms with E-state index in [9.17, 15) is 14.7 Å². The van der Waals surface area contributed by atoms with E-state index in [1.807, 2.05) is 6.07 Å². The maximum absolute atomic E-state index is 12.1. The van der Waals surface area contributed by atoms with Crippen molar-refractivity contribution < 1.29 is 19.4 Å². The van der Waals surface area contributed by atoms with Crippen molar-refractivity contribution in [1.82, 2.24) is 5.32 Å². The SMILES string of the molecule is COc1ccc(O)c(NC(=O)CNC(=O)c2cc3c(s2)CCC3)c1. The van der Waals surface area contributed by atoms with E-state index in [0.29, 0.717) is 10.6 Å². The molecule has 3 N–H and O–H groups in total. The molecule has 1 aromatic carbocycles. The van der Waals surface area contributed by atoms with Crippen LogP contribution in [0.5, 0.6) is 11.5 Å². The lowest BCUT2D eigenvalue weighted by Crippen LogP contribution is -2.32. The molecule has 0 fully saturated rings. The molecule has 0 aliphatic heterocycles. The molecule has 0 saturated carbocycles. The summed E-state index contributed by atoms with van der Waals surface area (Å²) in [5.74, 6) is -0.221. The monoisotopic (exact) mass is 346 g/mol. The van der Waals surface area contributed by atoms with Crippen LogP contribution in [0.25, 0.3) is 0 Å². The molecular formula is C17H18N2O4S. The molecule has 126 valence electrons. The number of ether oxygens (including phenoxy) is 1. The third kappa shape index (κ3) is 3.51. The van der Waals surface area contributed by atoms with Gasteiger partial charge in [0.05, 0.1) is 24.2 Å². The number of aromatic hydroxyl groups is 1. The second-order valence-electron chi connectivity index (χ2n) is 5.53. The Bertz CT molecular complexity index is 763. The molecule has 7 heteroatoms. The minimum Gasteiger partial charge on any atom is -0.506 e. The second-order valence-corrected chi connectivity index (χ2v) is 6.66. The first-order valence-electron chi connectivity index (χ1n) is 7.63. The first kappa shape index (κ1) is 16.3.